The molecular formula is C15H23NO3. The topological polar surface area (TPSA) is 61.5 Å². The SMILES string of the molecule is CCOC(=O)C(C)(C)Oc1ccc(CCCN)cc1. The van der Waals surface area contributed by atoms with Gasteiger partial charge in [0.1, 0.15) is 5.75 Å². The second kappa shape index (κ2) is 7.14. The van der Waals surface area contributed by atoms with Crippen LogP contribution in [0.5, 0.6) is 5.75 Å². The lowest BCUT2D eigenvalue weighted by molar-refractivity contribution is -0.158. The van der Waals surface area contributed by atoms with Gasteiger partial charge in [-0.1, -0.05) is 12.1 Å². The molecule has 0 aromatic heterocycles. The number of benzene rings is 1. The van der Waals surface area contributed by atoms with E-state index >= 15 is 0 Å². The van der Waals surface area contributed by atoms with Crippen molar-refractivity contribution < 1.29 is 14.3 Å². The fraction of sp³-hybridized carbons (Fsp3) is 0.533. The van der Waals surface area contributed by atoms with Crippen LogP contribution in [0.4, 0.5) is 0 Å². The van der Waals surface area contributed by atoms with Crippen molar-refractivity contribution in [2.45, 2.75) is 39.2 Å². The number of rotatable bonds is 7. The molecule has 0 fully saturated rings. The van der Waals surface area contributed by atoms with Crippen LogP contribution >= 0.6 is 0 Å². The van der Waals surface area contributed by atoms with E-state index in [-0.39, 0.29) is 5.97 Å². The average Bonchev–Trinajstić information content (AvgIpc) is 2.38. The van der Waals surface area contributed by atoms with E-state index in [0.717, 1.165) is 12.8 Å². The van der Waals surface area contributed by atoms with Crippen LogP contribution in [0.2, 0.25) is 0 Å². The molecule has 4 nitrogen and oxygen atoms in total. The Bertz CT molecular complexity index is 398. The Balaban J connectivity index is 2.64. The predicted octanol–water partition coefficient (Wildman–Crippen LogP) is 2.30. The van der Waals surface area contributed by atoms with Crippen molar-refractivity contribution in [3.05, 3.63) is 29.8 Å². The molecule has 0 radical (unpaired) electrons. The van der Waals surface area contributed by atoms with Gasteiger partial charge in [-0.3, -0.25) is 0 Å². The maximum Gasteiger partial charge on any atom is 0.349 e. The van der Waals surface area contributed by atoms with Crippen LogP contribution in [-0.4, -0.2) is 24.7 Å². The molecule has 0 amide bonds. The van der Waals surface area contributed by atoms with Gasteiger partial charge in [0.2, 0.25) is 0 Å². The van der Waals surface area contributed by atoms with Crippen molar-refractivity contribution in [1.82, 2.24) is 0 Å². The Morgan fingerprint density at radius 1 is 1.26 bits per heavy atom. The van der Waals surface area contributed by atoms with Gasteiger partial charge in [-0.2, -0.15) is 0 Å². The molecule has 0 spiro atoms. The second-order valence-corrected chi connectivity index (χ2v) is 4.87. The van der Waals surface area contributed by atoms with Gasteiger partial charge in [-0.15, -0.1) is 0 Å². The van der Waals surface area contributed by atoms with Crippen molar-refractivity contribution in [3.63, 3.8) is 0 Å². The normalized spacial score (nSPS) is 11.2. The van der Waals surface area contributed by atoms with Gasteiger partial charge in [0.25, 0.3) is 0 Å². The summed E-state index contributed by atoms with van der Waals surface area (Å²) in [7, 11) is 0. The van der Waals surface area contributed by atoms with Gasteiger partial charge in [0.15, 0.2) is 5.60 Å². The first-order valence-electron chi connectivity index (χ1n) is 6.65. The average molecular weight is 265 g/mol. The molecule has 0 saturated carbocycles. The zero-order valence-corrected chi connectivity index (χ0v) is 11.9. The van der Waals surface area contributed by atoms with Crippen LogP contribution in [0.25, 0.3) is 0 Å². The third-order valence-electron chi connectivity index (χ3n) is 2.73. The molecule has 106 valence electrons. The molecule has 0 aliphatic heterocycles. The highest BCUT2D eigenvalue weighted by molar-refractivity contribution is 5.79. The van der Waals surface area contributed by atoms with E-state index in [0.29, 0.717) is 18.9 Å². The monoisotopic (exact) mass is 265 g/mol. The number of aryl methyl sites for hydroxylation is 1. The number of esters is 1. The zero-order valence-electron chi connectivity index (χ0n) is 11.9. The number of ether oxygens (including phenoxy) is 2. The van der Waals surface area contributed by atoms with Crippen LogP contribution in [0.15, 0.2) is 24.3 Å². The smallest absolute Gasteiger partial charge is 0.349 e. The summed E-state index contributed by atoms with van der Waals surface area (Å²) in [6.07, 6.45) is 1.92. The quantitative estimate of drug-likeness (QED) is 0.768. The standard InChI is InChI=1S/C15H23NO3/c1-4-18-14(17)15(2,3)19-13-9-7-12(8-10-13)6-5-11-16/h7-10H,4-6,11,16H2,1-3H3. The second-order valence-electron chi connectivity index (χ2n) is 4.87. The summed E-state index contributed by atoms with van der Waals surface area (Å²) in [6.45, 7) is 6.22. The first-order valence-corrected chi connectivity index (χ1v) is 6.65. The van der Waals surface area contributed by atoms with Crippen molar-refractivity contribution in [3.8, 4) is 5.75 Å². The van der Waals surface area contributed by atoms with Crippen molar-refractivity contribution in [2.24, 2.45) is 5.73 Å². The van der Waals surface area contributed by atoms with Crippen LogP contribution in [-0.2, 0) is 16.0 Å². The third-order valence-corrected chi connectivity index (χ3v) is 2.73. The fourth-order valence-corrected chi connectivity index (χ4v) is 1.67. The van der Waals surface area contributed by atoms with Crippen molar-refractivity contribution >= 4 is 5.97 Å². The molecule has 1 rings (SSSR count). The summed E-state index contributed by atoms with van der Waals surface area (Å²) in [5.41, 5.74) is 5.71. The number of hydrogen-bond donors (Lipinski definition) is 1. The summed E-state index contributed by atoms with van der Waals surface area (Å²) < 4.78 is 10.7. The lowest BCUT2D eigenvalue weighted by Crippen LogP contribution is -2.39. The molecular weight excluding hydrogens is 242 g/mol. The highest BCUT2D eigenvalue weighted by atomic mass is 16.6. The molecule has 1 aromatic carbocycles. The highest BCUT2D eigenvalue weighted by Crippen LogP contribution is 2.20. The minimum absolute atomic E-state index is 0.351. The summed E-state index contributed by atoms with van der Waals surface area (Å²) in [6, 6.07) is 7.72. The van der Waals surface area contributed by atoms with Gasteiger partial charge >= 0.3 is 5.97 Å². The minimum atomic E-state index is -0.977. The third kappa shape index (κ3) is 4.91. The molecule has 0 saturated heterocycles. The molecule has 0 unspecified atom stereocenters. The van der Waals surface area contributed by atoms with Gasteiger partial charge in [0, 0.05) is 0 Å². The van der Waals surface area contributed by atoms with E-state index in [2.05, 4.69) is 0 Å². The van der Waals surface area contributed by atoms with Crippen molar-refractivity contribution in [1.29, 1.82) is 0 Å². The molecule has 2 N–H and O–H groups in total. The highest BCUT2D eigenvalue weighted by Gasteiger charge is 2.31. The van der Waals surface area contributed by atoms with E-state index in [1.165, 1.54) is 5.56 Å². The Kier molecular flexibility index (Phi) is 5.83. The Morgan fingerprint density at radius 2 is 1.89 bits per heavy atom. The summed E-state index contributed by atoms with van der Waals surface area (Å²) in [4.78, 5) is 11.7. The van der Waals surface area contributed by atoms with Crippen LogP contribution in [0.1, 0.15) is 32.8 Å². The molecule has 19 heavy (non-hydrogen) atoms. The maximum atomic E-state index is 11.7. The van der Waals surface area contributed by atoms with Gasteiger partial charge in [0.05, 0.1) is 6.61 Å². The Labute approximate surface area is 114 Å². The fourth-order valence-electron chi connectivity index (χ4n) is 1.67. The van der Waals surface area contributed by atoms with Gasteiger partial charge in [-0.05, 0) is 57.9 Å². The van der Waals surface area contributed by atoms with E-state index < -0.39 is 5.60 Å². The van der Waals surface area contributed by atoms with E-state index in [4.69, 9.17) is 15.2 Å². The predicted molar refractivity (Wildman–Crippen MR) is 75.2 cm³/mol. The molecule has 0 atom stereocenters. The summed E-state index contributed by atoms with van der Waals surface area (Å²) in [5, 5.41) is 0. The summed E-state index contributed by atoms with van der Waals surface area (Å²) in [5.74, 6) is 0.303. The first kappa shape index (κ1) is 15.5. The van der Waals surface area contributed by atoms with Gasteiger partial charge < -0.3 is 15.2 Å². The molecule has 0 aliphatic carbocycles. The zero-order chi connectivity index (χ0) is 14.3. The van der Waals surface area contributed by atoms with E-state index in [9.17, 15) is 4.79 Å². The Hall–Kier alpha value is -1.55. The molecule has 1 aromatic rings. The number of carbonyl (C=O) groups excluding carboxylic acids is 1. The minimum Gasteiger partial charge on any atom is -0.476 e. The van der Waals surface area contributed by atoms with E-state index in [1.54, 1.807) is 20.8 Å². The van der Waals surface area contributed by atoms with Crippen LogP contribution in [0.3, 0.4) is 0 Å². The molecule has 0 aliphatic rings. The van der Waals surface area contributed by atoms with Crippen LogP contribution in [0, 0.1) is 0 Å². The molecule has 4 heteroatoms. The summed E-state index contributed by atoms with van der Waals surface area (Å²) >= 11 is 0. The maximum absolute atomic E-state index is 11.7. The number of nitrogens with two attached hydrogens (primary N) is 1. The van der Waals surface area contributed by atoms with E-state index in [1.807, 2.05) is 24.3 Å². The lowest BCUT2D eigenvalue weighted by atomic mass is 10.1. The van der Waals surface area contributed by atoms with Gasteiger partial charge in [-0.25, -0.2) is 4.79 Å². The largest absolute Gasteiger partial charge is 0.476 e. The van der Waals surface area contributed by atoms with Crippen LogP contribution < -0.4 is 10.5 Å². The van der Waals surface area contributed by atoms with Crippen molar-refractivity contribution in [2.75, 3.05) is 13.2 Å². The Morgan fingerprint density at radius 3 is 2.42 bits per heavy atom. The number of carbonyl (C=O) groups is 1. The first-order chi connectivity index (χ1) is 8.99. The molecule has 0 heterocycles. The molecule has 0 bridgehead atoms. The number of hydrogen-bond acceptors (Lipinski definition) is 4. The lowest BCUT2D eigenvalue weighted by Gasteiger charge is -2.24.